The number of rotatable bonds is 1. The first-order chi connectivity index (χ1) is 7.98. The molecule has 0 atom stereocenters. The lowest BCUT2D eigenvalue weighted by molar-refractivity contribution is -0.530. The van der Waals surface area contributed by atoms with Gasteiger partial charge in [-0.3, -0.25) is 9.97 Å². The van der Waals surface area contributed by atoms with Gasteiger partial charge in [0.1, 0.15) is 5.52 Å². The zero-order valence-corrected chi connectivity index (χ0v) is 10.2. The van der Waals surface area contributed by atoms with Gasteiger partial charge in [-0.25, -0.2) is 4.74 Å². The molecule has 0 amide bonds. The average molecular weight is 229 g/mol. The summed E-state index contributed by atoms with van der Waals surface area (Å²) in [6.07, 6.45) is 4.84. The first kappa shape index (κ1) is 11.5. The van der Waals surface area contributed by atoms with Crippen molar-refractivity contribution in [3.8, 4) is 0 Å². The Morgan fingerprint density at radius 1 is 1.18 bits per heavy atom. The van der Waals surface area contributed by atoms with Crippen molar-refractivity contribution in [1.82, 2.24) is 9.97 Å². The van der Waals surface area contributed by atoms with E-state index in [0.29, 0.717) is 0 Å². The molecule has 0 saturated heterocycles. The quantitative estimate of drug-likeness (QED) is 0.326. The zero-order chi connectivity index (χ0) is 12.5. The van der Waals surface area contributed by atoms with Crippen LogP contribution in [0.15, 0.2) is 30.6 Å². The number of hydrogen-bond donors (Lipinski definition) is 0. The summed E-state index contributed by atoms with van der Waals surface area (Å²) < 4.78 is 0.941. The van der Waals surface area contributed by atoms with Crippen LogP contribution in [0, 0.1) is 5.21 Å². The molecule has 0 unspecified atom stereocenters. The minimum atomic E-state index is -0.454. The molecule has 0 saturated carbocycles. The van der Waals surface area contributed by atoms with E-state index in [4.69, 9.17) is 0 Å². The van der Waals surface area contributed by atoms with Gasteiger partial charge in [-0.2, -0.15) is 0 Å². The lowest BCUT2D eigenvalue weighted by Gasteiger charge is -2.18. The zero-order valence-electron chi connectivity index (χ0n) is 10.2. The summed E-state index contributed by atoms with van der Waals surface area (Å²) >= 11 is 0. The molecule has 1 aromatic carbocycles. The summed E-state index contributed by atoms with van der Waals surface area (Å²) in [5.74, 6) is 0. The van der Waals surface area contributed by atoms with Gasteiger partial charge in [0.2, 0.25) is 0 Å². The molecule has 0 radical (unpaired) electrons. The second-order valence-electron chi connectivity index (χ2n) is 4.90. The highest BCUT2D eigenvalue weighted by Gasteiger charge is 2.18. The molecule has 88 valence electrons. The van der Waals surface area contributed by atoms with Crippen molar-refractivity contribution in [2.24, 2.45) is 0 Å². The lowest BCUT2D eigenvalue weighted by atomic mass is 10.1. The first-order valence-corrected chi connectivity index (χ1v) is 5.49. The Hall–Kier alpha value is -1.97. The minimum Gasteiger partial charge on any atom is -0.623 e. The lowest BCUT2D eigenvalue weighted by Crippen LogP contribution is -2.29. The highest BCUT2D eigenvalue weighted by Crippen LogP contribution is 2.13. The summed E-state index contributed by atoms with van der Waals surface area (Å²) in [5.41, 5.74) is 1.88. The third kappa shape index (κ3) is 2.41. The van der Waals surface area contributed by atoms with E-state index in [1.807, 2.05) is 39.0 Å². The number of hydroxylamine groups is 1. The van der Waals surface area contributed by atoms with Crippen LogP contribution in [0.2, 0.25) is 0 Å². The number of nitrogens with zero attached hydrogens (tertiary/aromatic N) is 3. The number of para-hydroxylation sites is 1. The van der Waals surface area contributed by atoms with Gasteiger partial charge in [0.05, 0.1) is 11.1 Å². The standard InChI is InChI=1S/C13H15N3O/c1-13(2,3)16(17)9-10-5-4-6-11-12(10)15-8-7-14-11/h4-9H,1-3H3/b16-9-. The SMILES string of the molecule is CC(C)(C)/[N+]([O-])=C/c1cccc2nccnc12. The van der Waals surface area contributed by atoms with Crippen LogP contribution in [-0.4, -0.2) is 26.5 Å². The van der Waals surface area contributed by atoms with Crippen molar-refractivity contribution in [2.45, 2.75) is 26.3 Å². The predicted octanol–water partition coefficient (Wildman–Crippen LogP) is 2.36. The van der Waals surface area contributed by atoms with E-state index in [-0.39, 0.29) is 0 Å². The Morgan fingerprint density at radius 3 is 2.59 bits per heavy atom. The van der Waals surface area contributed by atoms with E-state index >= 15 is 0 Å². The molecule has 0 N–H and O–H groups in total. The molecule has 0 aliphatic carbocycles. The van der Waals surface area contributed by atoms with Crippen LogP contribution in [-0.2, 0) is 0 Å². The van der Waals surface area contributed by atoms with Crippen LogP contribution in [0.3, 0.4) is 0 Å². The van der Waals surface area contributed by atoms with Gasteiger partial charge < -0.3 is 5.21 Å². The van der Waals surface area contributed by atoms with Crippen LogP contribution < -0.4 is 0 Å². The Balaban J connectivity index is 2.57. The van der Waals surface area contributed by atoms with Crippen LogP contribution >= 0.6 is 0 Å². The molecule has 0 aliphatic rings. The Labute approximate surface area is 100 Å². The molecule has 2 aromatic rings. The maximum atomic E-state index is 11.9. The maximum Gasteiger partial charge on any atom is 0.184 e. The molecule has 1 aromatic heterocycles. The van der Waals surface area contributed by atoms with Gasteiger partial charge >= 0.3 is 0 Å². The van der Waals surface area contributed by atoms with Crippen molar-refractivity contribution in [3.63, 3.8) is 0 Å². The van der Waals surface area contributed by atoms with Crippen LogP contribution in [0.4, 0.5) is 0 Å². The van der Waals surface area contributed by atoms with Crippen molar-refractivity contribution in [3.05, 3.63) is 41.4 Å². The molecule has 0 aliphatic heterocycles. The number of benzene rings is 1. The fraction of sp³-hybridized carbons (Fsp3) is 0.308. The second kappa shape index (κ2) is 4.13. The molecule has 0 bridgehead atoms. The van der Waals surface area contributed by atoms with Crippen molar-refractivity contribution < 1.29 is 4.74 Å². The molecule has 1 heterocycles. The normalized spacial score (nSPS) is 13.0. The molecule has 2 rings (SSSR count). The summed E-state index contributed by atoms with van der Waals surface area (Å²) in [5, 5.41) is 11.9. The topological polar surface area (TPSA) is 51.9 Å². The molecule has 0 fully saturated rings. The number of aromatic nitrogens is 2. The Morgan fingerprint density at radius 2 is 1.88 bits per heavy atom. The maximum absolute atomic E-state index is 11.9. The molecule has 17 heavy (non-hydrogen) atoms. The third-order valence-corrected chi connectivity index (χ3v) is 2.45. The molecule has 4 nitrogen and oxygen atoms in total. The van der Waals surface area contributed by atoms with Crippen molar-refractivity contribution in [1.29, 1.82) is 0 Å². The van der Waals surface area contributed by atoms with Gasteiger partial charge in [0, 0.05) is 33.2 Å². The van der Waals surface area contributed by atoms with E-state index < -0.39 is 5.54 Å². The highest BCUT2D eigenvalue weighted by atomic mass is 16.5. The van der Waals surface area contributed by atoms with Gasteiger partial charge in [-0.15, -0.1) is 0 Å². The molecule has 4 heteroatoms. The molecular formula is C13H15N3O. The second-order valence-corrected chi connectivity index (χ2v) is 4.90. The van der Waals surface area contributed by atoms with Gasteiger partial charge in [-0.1, -0.05) is 6.07 Å². The monoisotopic (exact) mass is 229 g/mol. The van der Waals surface area contributed by atoms with Crippen molar-refractivity contribution in [2.75, 3.05) is 0 Å². The van der Waals surface area contributed by atoms with Crippen LogP contribution in [0.1, 0.15) is 26.3 Å². The summed E-state index contributed by atoms with van der Waals surface area (Å²) in [6, 6.07) is 5.62. The van der Waals surface area contributed by atoms with E-state index in [9.17, 15) is 5.21 Å². The smallest absolute Gasteiger partial charge is 0.184 e. The highest BCUT2D eigenvalue weighted by molar-refractivity contribution is 5.94. The fourth-order valence-electron chi connectivity index (χ4n) is 1.44. The Kier molecular flexibility index (Phi) is 2.79. The Bertz CT molecular complexity index is 565. The predicted molar refractivity (Wildman–Crippen MR) is 68.1 cm³/mol. The minimum absolute atomic E-state index is 0.454. The summed E-state index contributed by atoms with van der Waals surface area (Å²) in [6.45, 7) is 5.61. The third-order valence-electron chi connectivity index (χ3n) is 2.45. The largest absolute Gasteiger partial charge is 0.623 e. The van der Waals surface area contributed by atoms with E-state index in [0.717, 1.165) is 21.3 Å². The van der Waals surface area contributed by atoms with Crippen LogP contribution in [0.5, 0.6) is 0 Å². The average Bonchev–Trinajstić information content (AvgIpc) is 2.28. The van der Waals surface area contributed by atoms with E-state index in [2.05, 4.69) is 9.97 Å². The van der Waals surface area contributed by atoms with Crippen molar-refractivity contribution >= 4 is 17.2 Å². The molecular weight excluding hydrogens is 214 g/mol. The van der Waals surface area contributed by atoms with Gasteiger partial charge in [-0.05, 0) is 12.1 Å². The van der Waals surface area contributed by atoms with Gasteiger partial charge in [0.15, 0.2) is 11.8 Å². The summed E-state index contributed by atoms with van der Waals surface area (Å²) in [4.78, 5) is 8.47. The summed E-state index contributed by atoms with van der Waals surface area (Å²) in [7, 11) is 0. The van der Waals surface area contributed by atoms with Gasteiger partial charge in [0.25, 0.3) is 0 Å². The number of fused-ring (bicyclic) bond motifs is 1. The molecule has 0 spiro atoms. The van der Waals surface area contributed by atoms with E-state index in [1.54, 1.807) is 18.6 Å². The first-order valence-electron chi connectivity index (χ1n) is 5.49. The van der Waals surface area contributed by atoms with Crippen LogP contribution in [0.25, 0.3) is 11.0 Å². The van der Waals surface area contributed by atoms with E-state index in [1.165, 1.54) is 0 Å². The fourth-order valence-corrected chi connectivity index (χ4v) is 1.44. The number of hydrogen-bond acceptors (Lipinski definition) is 3.